The Balaban J connectivity index is 1.62. The highest BCUT2D eigenvalue weighted by atomic mass is 16.2. The first-order valence-corrected chi connectivity index (χ1v) is 6.53. The van der Waals surface area contributed by atoms with Gasteiger partial charge in [0.05, 0.1) is 0 Å². The van der Waals surface area contributed by atoms with Crippen LogP contribution in [0.1, 0.15) is 43.0 Å². The van der Waals surface area contributed by atoms with Crippen molar-refractivity contribution >= 4 is 17.4 Å². The molecule has 18 heavy (non-hydrogen) atoms. The zero-order valence-electron chi connectivity index (χ0n) is 10.5. The maximum atomic E-state index is 12.0. The SMILES string of the molecule is CC(=O)c1ccc(NC(=O)[C@@H]2CC23CCC3)cc1. The number of nitrogens with one attached hydrogen (secondary N) is 1. The molecular weight excluding hydrogens is 226 g/mol. The maximum Gasteiger partial charge on any atom is 0.228 e. The lowest BCUT2D eigenvalue weighted by molar-refractivity contribution is -0.118. The van der Waals surface area contributed by atoms with Crippen LogP contribution in [0.5, 0.6) is 0 Å². The van der Waals surface area contributed by atoms with E-state index in [2.05, 4.69) is 5.32 Å². The molecule has 2 fully saturated rings. The number of hydrogen-bond acceptors (Lipinski definition) is 2. The second kappa shape index (κ2) is 3.94. The first-order chi connectivity index (χ1) is 8.61. The summed E-state index contributed by atoms with van der Waals surface area (Å²) in [6.45, 7) is 1.54. The van der Waals surface area contributed by atoms with E-state index in [0.717, 1.165) is 12.1 Å². The molecule has 3 rings (SSSR count). The summed E-state index contributed by atoms with van der Waals surface area (Å²) in [6, 6.07) is 7.10. The van der Waals surface area contributed by atoms with Crippen LogP contribution in [0.3, 0.4) is 0 Å². The first kappa shape index (κ1) is 11.5. The Morgan fingerprint density at radius 1 is 1.22 bits per heavy atom. The second-order valence-electron chi connectivity index (χ2n) is 5.60. The average molecular weight is 243 g/mol. The van der Waals surface area contributed by atoms with E-state index in [1.807, 2.05) is 0 Å². The lowest BCUT2D eigenvalue weighted by Gasteiger charge is -2.26. The van der Waals surface area contributed by atoms with Gasteiger partial charge in [0.15, 0.2) is 5.78 Å². The Hall–Kier alpha value is -1.64. The number of Topliss-reactive ketones (excluding diaryl/α,β-unsaturated/α-hetero) is 1. The Kier molecular flexibility index (Phi) is 2.51. The van der Waals surface area contributed by atoms with Crippen molar-refractivity contribution in [2.24, 2.45) is 11.3 Å². The molecule has 2 aliphatic rings. The zero-order valence-corrected chi connectivity index (χ0v) is 10.5. The van der Waals surface area contributed by atoms with Gasteiger partial charge in [-0.2, -0.15) is 0 Å². The van der Waals surface area contributed by atoms with Crippen molar-refractivity contribution in [1.29, 1.82) is 0 Å². The van der Waals surface area contributed by atoms with Crippen molar-refractivity contribution in [2.45, 2.75) is 32.6 Å². The number of carbonyl (C=O) groups is 2. The molecule has 1 amide bonds. The molecule has 0 saturated heterocycles. The highest BCUT2D eigenvalue weighted by molar-refractivity contribution is 5.97. The fraction of sp³-hybridized carbons (Fsp3) is 0.467. The van der Waals surface area contributed by atoms with Crippen LogP contribution in [0.25, 0.3) is 0 Å². The van der Waals surface area contributed by atoms with Gasteiger partial charge in [-0.25, -0.2) is 0 Å². The third kappa shape index (κ3) is 1.84. The highest BCUT2D eigenvalue weighted by Gasteiger charge is 2.60. The molecule has 0 aliphatic heterocycles. The predicted molar refractivity (Wildman–Crippen MR) is 69.5 cm³/mol. The Labute approximate surface area is 107 Å². The molecular formula is C15H17NO2. The minimum Gasteiger partial charge on any atom is -0.326 e. The quantitative estimate of drug-likeness (QED) is 0.829. The smallest absolute Gasteiger partial charge is 0.228 e. The van der Waals surface area contributed by atoms with E-state index in [0.29, 0.717) is 11.0 Å². The molecule has 0 unspecified atom stereocenters. The minimum absolute atomic E-state index is 0.0449. The van der Waals surface area contributed by atoms with Crippen molar-refractivity contribution in [3.8, 4) is 0 Å². The summed E-state index contributed by atoms with van der Waals surface area (Å²) in [5, 5.41) is 2.94. The van der Waals surface area contributed by atoms with Crippen LogP contribution in [-0.4, -0.2) is 11.7 Å². The number of anilines is 1. The molecule has 1 N–H and O–H groups in total. The van der Waals surface area contributed by atoms with E-state index < -0.39 is 0 Å². The van der Waals surface area contributed by atoms with Gasteiger partial charge in [-0.05, 0) is 55.9 Å². The van der Waals surface area contributed by atoms with Gasteiger partial charge in [0, 0.05) is 17.2 Å². The Morgan fingerprint density at radius 3 is 2.33 bits per heavy atom. The van der Waals surface area contributed by atoms with Gasteiger partial charge >= 0.3 is 0 Å². The number of amides is 1. The van der Waals surface area contributed by atoms with Gasteiger partial charge in [-0.15, -0.1) is 0 Å². The molecule has 1 aromatic carbocycles. The van der Waals surface area contributed by atoms with E-state index in [9.17, 15) is 9.59 Å². The standard InChI is InChI=1S/C15H17NO2/c1-10(17)11-3-5-12(6-4-11)16-14(18)13-9-15(13)7-2-8-15/h3-6,13H,2,7-9H2,1H3,(H,16,18)/t13-/m0/s1. The van der Waals surface area contributed by atoms with Crippen LogP contribution >= 0.6 is 0 Å². The third-order valence-corrected chi connectivity index (χ3v) is 4.41. The molecule has 1 atom stereocenters. The van der Waals surface area contributed by atoms with Crippen LogP contribution in [0.15, 0.2) is 24.3 Å². The van der Waals surface area contributed by atoms with Crippen molar-refractivity contribution in [1.82, 2.24) is 0 Å². The lowest BCUT2D eigenvalue weighted by Crippen LogP contribution is -2.23. The van der Waals surface area contributed by atoms with Gasteiger partial charge in [-0.3, -0.25) is 9.59 Å². The second-order valence-corrected chi connectivity index (χ2v) is 5.60. The first-order valence-electron chi connectivity index (χ1n) is 6.53. The fourth-order valence-electron chi connectivity index (χ4n) is 2.92. The van der Waals surface area contributed by atoms with E-state index in [-0.39, 0.29) is 17.6 Å². The van der Waals surface area contributed by atoms with Crippen molar-refractivity contribution < 1.29 is 9.59 Å². The molecule has 1 aromatic rings. The normalized spacial score (nSPS) is 23.3. The van der Waals surface area contributed by atoms with E-state index >= 15 is 0 Å². The molecule has 3 heteroatoms. The minimum atomic E-state index is 0.0449. The third-order valence-electron chi connectivity index (χ3n) is 4.41. The summed E-state index contributed by atoms with van der Waals surface area (Å²) in [7, 11) is 0. The molecule has 2 aliphatic carbocycles. The van der Waals surface area contributed by atoms with Crippen molar-refractivity contribution in [3.05, 3.63) is 29.8 Å². The summed E-state index contributed by atoms with van der Waals surface area (Å²) >= 11 is 0. The molecule has 0 bridgehead atoms. The van der Waals surface area contributed by atoms with Gasteiger partial charge in [0.2, 0.25) is 5.91 Å². The van der Waals surface area contributed by atoms with Gasteiger partial charge in [0.25, 0.3) is 0 Å². The topological polar surface area (TPSA) is 46.2 Å². The monoisotopic (exact) mass is 243 g/mol. The lowest BCUT2D eigenvalue weighted by atomic mass is 9.79. The van der Waals surface area contributed by atoms with Crippen LogP contribution in [0.2, 0.25) is 0 Å². The number of rotatable bonds is 3. The summed E-state index contributed by atoms with van der Waals surface area (Å²) in [6.07, 6.45) is 4.77. The zero-order chi connectivity index (χ0) is 12.8. The van der Waals surface area contributed by atoms with Crippen LogP contribution in [0.4, 0.5) is 5.69 Å². The molecule has 0 aromatic heterocycles. The van der Waals surface area contributed by atoms with E-state index in [1.165, 1.54) is 26.2 Å². The predicted octanol–water partition coefficient (Wildman–Crippen LogP) is 3.02. The number of hydrogen-bond donors (Lipinski definition) is 1. The van der Waals surface area contributed by atoms with E-state index in [4.69, 9.17) is 0 Å². The summed E-state index contributed by atoms with van der Waals surface area (Å²) in [5.41, 5.74) is 1.82. The molecule has 2 saturated carbocycles. The molecule has 1 spiro atoms. The van der Waals surface area contributed by atoms with Gasteiger partial charge in [0.1, 0.15) is 0 Å². The van der Waals surface area contributed by atoms with Crippen molar-refractivity contribution in [2.75, 3.05) is 5.32 Å². The van der Waals surface area contributed by atoms with E-state index in [1.54, 1.807) is 24.3 Å². The number of carbonyl (C=O) groups excluding carboxylic acids is 2. The fourth-order valence-corrected chi connectivity index (χ4v) is 2.92. The molecule has 0 heterocycles. The Bertz CT molecular complexity index is 500. The van der Waals surface area contributed by atoms with Crippen LogP contribution in [-0.2, 0) is 4.79 Å². The largest absolute Gasteiger partial charge is 0.326 e. The summed E-state index contributed by atoms with van der Waals surface area (Å²) in [5.74, 6) is 0.410. The number of ketones is 1. The van der Waals surface area contributed by atoms with Gasteiger partial charge in [-0.1, -0.05) is 6.42 Å². The molecule has 0 radical (unpaired) electrons. The van der Waals surface area contributed by atoms with Crippen LogP contribution < -0.4 is 5.32 Å². The number of benzene rings is 1. The van der Waals surface area contributed by atoms with Gasteiger partial charge < -0.3 is 5.32 Å². The summed E-state index contributed by atoms with van der Waals surface area (Å²) in [4.78, 5) is 23.2. The highest BCUT2D eigenvalue weighted by Crippen LogP contribution is 2.65. The van der Waals surface area contributed by atoms with Crippen LogP contribution in [0, 0.1) is 11.3 Å². The summed E-state index contributed by atoms with van der Waals surface area (Å²) < 4.78 is 0. The molecule has 3 nitrogen and oxygen atoms in total. The Morgan fingerprint density at radius 2 is 1.89 bits per heavy atom. The average Bonchev–Trinajstić information content (AvgIpc) is 3.05. The van der Waals surface area contributed by atoms with Crippen molar-refractivity contribution in [3.63, 3.8) is 0 Å². The maximum absolute atomic E-state index is 12.0. The molecule has 94 valence electrons.